The second kappa shape index (κ2) is 14.1. The fourth-order valence-electron chi connectivity index (χ4n) is 5.27. The average molecular weight is 664 g/mol. The van der Waals surface area contributed by atoms with E-state index in [1.165, 1.54) is 46.9 Å². The number of amides is 4. The van der Waals surface area contributed by atoms with Gasteiger partial charge in [-0.25, -0.2) is 9.78 Å². The van der Waals surface area contributed by atoms with Gasteiger partial charge in [0.1, 0.15) is 0 Å². The van der Waals surface area contributed by atoms with Gasteiger partial charge in [-0.2, -0.15) is 18.3 Å². The van der Waals surface area contributed by atoms with Gasteiger partial charge in [-0.1, -0.05) is 24.4 Å². The van der Waals surface area contributed by atoms with Crippen LogP contribution in [0.25, 0.3) is 11.3 Å². The van der Waals surface area contributed by atoms with E-state index < -0.39 is 17.8 Å². The van der Waals surface area contributed by atoms with Crippen LogP contribution in [0.2, 0.25) is 5.02 Å². The van der Waals surface area contributed by atoms with E-state index in [1.807, 2.05) is 0 Å². The Hall–Kier alpha value is -4.11. The zero-order valence-electron chi connectivity index (χ0n) is 25.3. The number of alkyl halides is 3. The van der Waals surface area contributed by atoms with Crippen LogP contribution in [0.1, 0.15) is 84.1 Å². The summed E-state index contributed by atoms with van der Waals surface area (Å²) in [5.74, 6) is -1.14. The lowest BCUT2D eigenvalue weighted by Crippen LogP contribution is -2.52. The van der Waals surface area contributed by atoms with E-state index in [0.29, 0.717) is 13.1 Å². The molecule has 1 aromatic carbocycles. The highest BCUT2D eigenvalue weighted by Crippen LogP contribution is 2.41. The van der Waals surface area contributed by atoms with Crippen molar-refractivity contribution in [3.8, 4) is 11.3 Å². The summed E-state index contributed by atoms with van der Waals surface area (Å²) in [7, 11) is 1.45. The number of unbranched alkanes of at least 4 members (excludes halogenated alkanes) is 3. The number of carbonyl (C=O) groups excluding carboxylic acids is 3. The van der Waals surface area contributed by atoms with E-state index in [1.54, 1.807) is 0 Å². The molecule has 2 heterocycles. The Labute approximate surface area is 268 Å². The van der Waals surface area contributed by atoms with Crippen molar-refractivity contribution in [3.05, 3.63) is 52.7 Å². The number of nitrogens with two attached hydrogens (primary N) is 1. The molecule has 2 saturated carbocycles. The molecule has 0 saturated heterocycles. The third kappa shape index (κ3) is 8.18. The number of hydrogen-bond donors (Lipinski definition) is 5. The molecule has 2 fully saturated rings. The molecule has 46 heavy (non-hydrogen) atoms. The van der Waals surface area contributed by atoms with Crippen LogP contribution in [0, 0.1) is 0 Å². The molecule has 0 spiro atoms. The van der Waals surface area contributed by atoms with Crippen molar-refractivity contribution in [3.63, 3.8) is 0 Å². The van der Waals surface area contributed by atoms with E-state index in [2.05, 4.69) is 31.3 Å². The third-order valence-corrected chi connectivity index (χ3v) is 8.36. The van der Waals surface area contributed by atoms with Gasteiger partial charge in [0.05, 0.1) is 34.1 Å². The summed E-state index contributed by atoms with van der Waals surface area (Å²) in [6.45, 7) is 1.02. The molecule has 0 aliphatic heterocycles. The largest absolute Gasteiger partial charge is 0.435 e. The molecule has 16 heteroatoms. The number of nitrogens with one attached hydrogen (secondary N) is 4. The van der Waals surface area contributed by atoms with Gasteiger partial charge in [-0.3, -0.25) is 14.3 Å². The van der Waals surface area contributed by atoms with Crippen LogP contribution in [-0.2, 0) is 13.2 Å². The maximum Gasteiger partial charge on any atom is 0.435 e. The van der Waals surface area contributed by atoms with Gasteiger partial charge in [0.25, 0.3) is 11.8 Å². The van der Waals surface area contributed by atoms with Crippen molar-refractivity contribution >= 4 is 35.1 Å². The molecule has 2 aromatic heterocycles. The number of nitrogens with zero attached hydrogens (tertiary/aromatic N) is 4. The fourth-order valence-corrected chi connectivity index (χ4v) is 5.53. The van der Waals surface area contributed by atoms with Crippen LogP contribution in [0.4, 0.5) is 23.7 Å². The molecule has 248 valence electrons. The smallest absolute Gasteiger partial charge is 0.352 e. The summed E-state index contributed by atoms with van der Waals surface area (Å²) >= 11 is 6.34. The normalized spacial score (nSPS) is 17.7. The molecule has 0 unspecified atom stereocenters. The molecular formula is C30H37ClF3N9O3. The lowest BCUT2D eigenvalue weighted by Gasteiger charge is -2.32. The lowest BCUT2D eigenvalue weighted by molar-refractivity contribution is -0.141. The van der Waals surface area contributed by atoms with E-state index in [9.17, 15) is 27.6 Å². The summed E-state index contributed by atoms with van der Waals surface area (Å²) in [4.78, 5) is 41.5. The standard InChI is InChI=1S/C30H37ClF3N9O3/c1-42-24(22-16-43(20-7-8-20)41-25(22)30(32,33)34)15-38-26(42)28(45)39-18-6-9-21(23(31)14-18)27(44)36-10-4-2-3-5-11-37-29(46)40-19-12-17(35)13-19/h6,9,14-17,19-20H,2-5,7-8,10-13,35H2,1H3,(H,36,44)(H,39,45)(H2,37,40,46)/t17-,19+. The van der Waals surface area contributed by atoms with Gasteiger partial charge < -0.3 is 31.6 Å². The molecule has 4 amide bonds. The van der Waals surface area contributed by atoms with E-state index in [-0.39, 0.29) is 63.4 Å². The Kier molecular flexibility index (Phi) is 10.2. The quantitative estimate of drug-likeness (QED) is 0.168. The van der Waals surface area contributed by atoms with Gasteiger partial charge in [-0.15, -0.1) is 0 Å². The highest BCUT2D eigenvalue weighted by atomic mass is 35.5. The fraction of sp³-hybridized carbons (Fsp3) is 0.500. The highest BCUT2D eigenvalue weighted by Gasteiger charge is 2.40. The second-order valence-electron chi connectivity index (χ2n) is 11.8. The van der Waals surface area contributed by atoms with Crippen molar-refractivity contribution in [1.82, 2.24) is 35.3 Å². The minimum atomic E-state index is -4.67. The molecule has 0 bridgehead atoms. The summed E-state index contributed by atoms with van der Waals surface area (Å²) < 4.78 is 43.7. The molecule has 6 N–H and O–H groups in total. The zero-order valence-corrected chi connectivity index (χ0v) is 26.0. The topological polar surface area (TPSA) is 161 Å². The maximum absolute atomic E-state index is 13.7. The summed E-state index contributed by atoms with van der Waals surface area (Å²) in [6.07, 6.45) is 4.37. The molecule has 12 nitrogen and oxygen atoms in total. The number of imidazole rings is 1. The first kappa shape index (κ1) is 33.3. The van der Waals surface area contributed by atoms with Crippen LogP contribution in [0.3, 0.4) is 0 Å². The van der Waals surface area contributed by atoms with Crippen LogP contribution >= 0.6 is 11.6 Å². The van der Waals surface area contributed by atoms with Gasteiger partial charge >= 0.3 is 12.2 Å². The number of hydrogen-bond acceptors (Lipinski definition) is 6. The zero-order chi connectivity index (χ0) is 33.0. The minimum Gasteiger partial charge on any atom is -0.352 e. The van der Waals surface area contributed by atoms with E-state index in [4.69, 9.17) is 17.3 Å². The van der Waals surface area contributed by atoms with E-state index in [0.717, 1.165) is 51.4 Å². The number of aromatic nitrogens is 4. The first-order valence-electron chi connectivity index (χ1n) is 15.3. The minimum absolute atomic E-state index is 0.0578. The Balaban J connectivity index is 1.07. The molecule has 5 rings (SSSR count). The summed E-state index contributed by atoms with van der Waals surface area (Å²) in [6, 6.07) is 4.52. The lowest BCUT2D eigenvalue weighted by atomic mass is 9.88. The molecule has 2 aliphatic carbocycles. The summed E-state index contributed by atoms with van der Waals surface area (Å²) in [5.41, 5.74) is 5.15. The highest BCUT2D eigenvalue weighted by molar-refractivity contribution is 6.34. The first-order chi connectivity index (χ1) is 21.9. The molecule has 0 atom stereocenters. The molecule has 2 aliphatic rings. The van der Waals surface area contributed by atoms with Crippen LogP contribution in [0.15, 0.2) is 30.6 Å². The molecule has 3 aromatic rings. The van der Waals surface area contributed by atoms with E-state index >= 15 is 0 Å². The van der Waals surface area contributed by atoms with Crippen molar-refractivity contribution in [2.24, 2.45) is 12.8 Å². The average Bonchev–Trinajstić information content (AvgIpc) is 3.60. The van der Waals surface area contributed by atoms with Gasteiger partial charge in [0, 0.05) is 44.1 Å². The number of halogens is 4. The SMILES string of the molecule is Cn1c(-c2cn(C3CC3)nc2C(F)(F)F)cnc1C(=O)Nc1ccc(C(=O)NCCCCCCNC(=O)N[C@H]2C[C@@H](N)C2)c(Cl)c1. The number of urea groups is 1. The number of rotatable bonds is 13. The van der Waals surface area contributed by atoms with Crippen LogP contribution in [-0.4, -0.2) is 62.4 Å². The second-order valence-corrected chi connectivity index (χ2v) is 12.2. The Morgan fingerprint density at radius 2 is 1.74 bits per heavy atom. The molecule has 0 radical (unpaired) electrons. The van der Waals surface area contributed by atoms with Gasteiger partial charge in [-0.05, 0) is 56.7 Å². The van der Waals surface area contributed by atoms with Crippen LogP contribution in [0.5, 0.6) is 0 Å². The summed E-state index contributed by atoms with van der Waals surface area (Å²) in [5, 5.41) is 15.1. The van der Waals surface area contributed by atoms with Crippen molar-refractivity contribution < 1.29 is 27.6 Å². The predicted molar refractivity (Wildman–Crippen MR) is 165 cm³/mol. The van der Waals surface area contributed by atoms with Crippen molar-refractivity contribution in [2.75, 3.05) is 18.4 Å². The number of carbonyl (C=O) groups is 3. The maximum atomic E-state index is 13.7. The first-order valence-corrected chi connectivity index (χ1v) is 15.7. The molecular weight excluding hydrogens is 627 g/mol. The van der Waals surface area contributed by atoms with Gasteiger partial charge in [0.15, 0.2) is 11.5 Å². The Morgan fingerprint density at radius 3 is 2.37 bits per heavy atom. The van der Waals surface area contributed by atoms with Crippen molar-refractivity contribution in [1.29, 1.82) is 0 Å². The van der Waals surface area contributed by atoms with Gasteiger partial charge in [0.2, 0.25) is 0 Å². The monoisotopic (exact) mass is 663 g/mol. The predicted octanol–water partition coefficient (Wildman–Crippen LogP) is 4.62. The van der Waals surface area contributed by atoms with Crippen molar-refractivity contribution in [2.45, 2.75) is 75.7 Å². The Morgan fingerprint density at radius 1 is 1.04 bits per heavy atom. The van der Waals surface area contributed by atoms with Crippen LogP contribution < -0.4 is 27.0 Å². The Bertz CT molecular complexity index is 1580. The third-order valence-electron chi connectivity index (χ3n) is 8.04. The number of anilines is 1. The number of benzene rings is 1.